The third-order valence-corrected chi connectivity index (χ3v) is 4.21. The van der Waals surface area contributed by atoms with Gasteiger partial charge in [-0.3, -0.25) is 0 Å². The Morgan fingerprint density at radius 1 is 1.24 bits per heavy atom. The van der Waals surface area contributed by atoms with Crippen LogP contribution in [0.3, 0.4) is 0 Å². The van der Waals surface area contributed by atoms with Crippen molar-refractivity contribution in [3.63, 3.8) is 0 Å². The average molecular weight is 303 g/mol. The zero-order valence-corrected chi connectivity index (χ0v) is 12.6. The van der Waals surface area contributed by atoms with E-state index >= 15 is 0 Å². The molecule has 3 heterocycles. The van der Waals surface area contributed by atoms with E-state index in [1.54, 1.807) is 6.92 Å². The van der Waals surface area contributed by atoms with Gasteiger partial charge in [-0.15, -0.1) is 11.3 Å². The fraction of sp³-hybridized carbons (Fsp3) is 0.200. The Morgan fingerprint density at radius 3 is 2.52 bits per heavy atom. The summed E-state index contributed by atoms with van der Waals surface area (Å²) >= 11 is 1.45. The molecule has 0 spiro atoms. The summed E-state index contributed by atoms with van der Waals surface area (Å²) < 4.78 is 11.3. The van der Waals surface area contributed by atoms with Gasteiger partial charge in [-0.1, -0.05) is 6.07 Å². The monoisotopic (exact) mass is 303 g/mol. The zero-order chi connectivity index (χ0) is 15.1. The van der Waals surface area contributed by atoms with Gasteiger partial charge in [0.1, 0.15) is 11.5 Å². The second-order valence-corrected chi connectivity index (χ2v) is 5.64. The molecule has 21 heavy (non-hydrogen) atoms. The second-order valence-electron chi connectivity index (χ2n) is 4.69. The van der Waals surface area contributed by atoms with Gasteiger partial charge in [-0.2, -0.15) is 0 Å². The molecule has 0 saturated heterocycles. The molecule has 6 heteroatoms. The van der Waals surface area contributed by atoms with Crippen LogP contribution in [0.5, 0.6) is 0 Å². The Hall–Kier alpha value is -2.34. The maximum atomic E-state index is 11.5. The zero-order valence-electron chi connectivity index (χ0n) is 11.8. The van der Waals surface area contributed by atoms with Gasteiger partial charge in [0.2, 0.25) is 5.89 Å². The number of nitrogens with zero attached hydrogens (tertiary/aromatic N) is 1. The Balaban J connectivity index is 2.24. The summed E-state index contributed by atoms with van der Waals surface area (Å²) in [4.78, 5) is 16.4. The molecular formula is C15H13NO4S. The minimum Gasteiger partial charge on any atom is -0.476 e. The molecule has 3 aromatic heterocycles. The largest absolute Gasteiger partial charge is 0.476 e. The van der Waals surface area contributed by atoms with Crippen LogP contribution in [0.1, 0.15) is 27.6 Å². The lowest BCUT2D eigenvalue weighted by atomic mass is 10.1. The summed E-state index contributed by atoms with van der Waals surface area (Å²) in [6, 6.07) is 3.70. The van der Waals surface area contributed by atoms with Crippen LogP contribution in [0.2, 0.25) is 0 Å². The minimum absolute atomic E-state index is 0.0922. The number of oxazole rings is 1. The van der Waals surface area contributed by atoms with Crippen LogP contribution >= 0.6 is 11.3 Å². The summed E-state index contributed by atoms with van der Waals surface area (Å²) in [7, 11) is 0. The van der Waals surface area contributed by atoms with Gasteiger partial charge in [0.05, 0.1) is 10.4 Å². The molecule has 1 N–H and O–H groups in total. The minimum atomic E-state index is -1.12. The van der Waals surface area contributed by atoms with E-state index in [0.29, 0.717) is 17.2 Å². The number of thiophene rings is 1. The summed E-state index contributed by atoms with van der Waals surface area (Å²) in [5, 5.41) is 11.3. The lowest BCUT2D eigenvalue weighted by Crippen LogP contribution is -1.99. The van der Waals surface area contributed by atoms with Gasteiger partial charge in [-0.25, -0.2) is 9.78 Å². The van der Waals surface area contributed by atoms with E-state index < -0.39 is 5.97 Å². The van der Waals surface area contributed by atoms with Crippen LogP contribution in [0.25, 0.3) is 22.1 Å². The molecule has 0 aliphatic carbocycles. The van der Waals surface area contributed by atoms with Crippen LogP contribution in [-0.2, 0) is 0 Å². The van der Waals surface area contributed by atoms with Crippen molar-refractivity contribution in [2.24, 2.45) is 0 Å². The van der Waals surface area contributed by atoms with Crippen molar-refractivity contribution in [1.82, 2.24) is 4.98 Å². The summed E-state index contributed by atoms with van der Waals surface area (Å²) in [6.07, 6.45) is 0. The molecule has 0 bridgehead atoms. The van der Waals surface area contributed by atoms with E-state index in [1.165, 1.54) is 11.3 Å². The van der Waals surface area contributed by atoms with Gasteiger partial charge < -0.3 is 13.9 Å². The van der Waals surface area contributed by atoms with Crippen LogP contribution < -0.4 is 0 Å². The average Bonchev–Trinajstić information content (AvgIpc) is 3.10. The SMILES string of the molecule is Cc1oc(C)c(-c2oc(-c3cccs3)nc2C(=O)O)c1C. The van der Waals surface area contributed by atoms with E-state index in [1.807, 2.05) is 31.4 Å². The third kappa shape index (κ3) is 2.17. The molecule has 0 radical (unpaired) electrons. The van der Waals surface area contributed by atoms with Crippen molar-refractivity contribution >= 4 is 17.3 Å². The number of carbonyl (C=O) groups is 1. The molecule has 0 aliphatic heterocycles. The summed E-state index contributed by atoms with van der Waals surface area (Å²) in [5.74, 6) is 0.816. The highest BCUT2D eigenvalue weighted by molar-refractivity contribution is 7.13. The molecule has 0 saturated carbocycles. The fourth-order valence-corrected chi connectivity index (χ4v) is 2.92. The van der Waals surface area contributed by atoms with Crippen molar-refractivity contribution in [2.75, 3.05) is 0 Å². The third-order valence-electron chi connectivity index (χ3n) is 3.35. The highest BCUT2D eigenvalue weighted by atomic mass is 32.1. The Labute approximate surface area is 124 Å². The molecule has 108 valence electrons. The van der Waals surface area contributed by atoms with Crippen molar-refractivity contribution in [3.8, 4) is 22.1 Å². The molecular weight excluding hydrogens is 290 g/mol. The molecule has 0 aliphatic rings. The molecule has 3 aromatic rings. The molecule has 5 nitrogen and oxygen atoms in total. The maximum Gasteiger partial charge on any atom is 0.358 e. The first-order valence-corrected chi connectivity index (χ1v) is 7.22. The maximum absolute atomic E-state index is 11.5. The lowest BCUT2D eigenvalue weighted by Gasteiger charge is -1.97. The molecule has 0 fully saturated rings. The van der Waals surface area contributed by atoms with E-state index in [2.05, 4.69) is 4.98 Å². The fourth-order valence-electron chi connectivity index (χ4n) is 2.27. The normalized spacial score (nSPS) is 11.0. The number of aromatic carboxylic acids is 1. The van der Waals surface area contributed by atoms with Gasteiger partial charge in [-0.05, 0) is 32.2 Å². The number of aromatic nitrogens is 1. The van der Waals surface area contributed by atoms with Crippen molar-refractivity contribution in [2.45, 2.75) is 20.8 Å². The Kier molecular flexibility index (Phi) is 3.17. The van der Waals surface area contributed by atoms with E-state index in [0.717, 1.165) is 16.2 Å². The quantitative estimate of drug-likeness (QED) is 0.781. The summed E-state index contributed by atoms with van der Waals surface area (Å²) in [6.45, 7) is 5.50. The van der Waals surface area contributed by atoms with E-state index in [4.69, 9.17) is 8.83 Å². The van der Waals surface area contributed by atoms with Crippen molar-refractivity contribution < 1.29 is 18.7 Å². The van der Waals surface area contributed by atoms with Crippen LogP contribution in [0.4, 0.5) is 0 Å². The van der Waals surface area contributed by atoms with Crippen LogP contribution in [0.15, 0.2) is 26.3 Å². The second kappa shape index (κ2) is 4.89. The summed E-state index contributed by atoms with van der Waals surface area (Å²) in [5.41, 5.74) is 1.44. The Bertz CT molecular complexity index is 811. The number of furan rings is 1. The number of hydrogen-bond acceptors (Lipinski definition) is 5. The number of aryl methyl sites for hydroxylation is 2. The molecule has 0 atom stereocenters. The number of carboxylic acid groups (broad SMARTS) is 1. The molecule has 0 unspecified atom stereocenters. The van der Waals surface area contributed by atoms with Gasteiger partial charge in [0, 0.05) is 5.56 Å². The Morgan fingerprint density at radius 2 is 2.00 bits per heavy atom. The first kappa shape index (κ1) is 13.6. The van der Waals surface area contributed by atoms with E-state index in [9.17, 15) is 9.90 Å². The predicted octanol–water partition coefficient (Wildman–Crippen LogP) is 4.29. The highest BCUT2D eigenvalue weighted by Gasteiger charge is 2.26. The van der Waals surface area contributed by atoms with Crippen molar-refractivity contribution in [3.05, 3.63) is 40.3 Å². The first-order valence-electron chi connectivity index (χ1n) is 6.34. The first-order chi connectivity index (χ1) is 9.99. The topological polar surface area (TPSA) is 76.5 Å². The van der Waals surface area contributed by atoms with Gasteiger partial charge in [0.25, 0.3) is 0 Å². The highest BCUT2D eigenvalue weighted by Crippen LogP contribution is 2.37. The van der Waals surface area contributed by atoms with Crippen molar-refractivity contribution in [1.29, 1.82) is 0 Å². The standard InChI is InChI=1S/C15H13NO4S/c1-7-8(2)19-9(3)11(7)13-12(15(17)18)16-14(20-13)10-5-4-6-21-10/h4-6H,1-3H3,(H,17,18). The molecule has 0 amide bonds. The number of rotatable bonds is 3. The van der Waals surface area contributed by atoms with Crippen LogP contribution in [0, 0.1) is 20.8 Å². The van der Waals surface area contributed by atoms with Gasteiger partial charge in [0.15, 0.2) is 11.5 Å². The smallest absolute Gasteiger partial charge is 0.358 e. The number of carboxylic acids is 1. The van der Waals surface area contributed by atoms with Gasteiger partial charge >= 0.3 is 5.97 Å². The molecule has 3 rings (SSSR count). The lowest BCUT2D eigenvalue weighted by molar-refractivity contribution is 0.0691. The van der Waals surface area contributed by atoms with E-state index in [-0.39, 0.29) is 11.5 Å². The number of hydrogen-bond donors (Lipinski definition) is 1. The predicted molar refractivity (Wildman–Crippen MR) is 78.7 cm³/mol. The van der Waals surface area contributed by atoms with Crippen LogP contribution in [-0.4, -0.2) is 16.1 Å². The molecule has 0 aromatic carbocycles.